The molecule has 4 nitrogen and oxygen atoms in total. The monoisotopic (exact) mass is 280 g/mol. The van der Waals surface area contributed by atoms with Crippen LogP contribution in [0.5, 0.6) is 17.2 Å². The molecule has 0 saturated heterocycles. The Kier molecular flexibility index (Phi) is 3.87. The van der Waals surface area contributed by atoms with Crippen molar-refractivity contribution in [3.63, 3.8) is 0 Å². The summed E-state index contributed by atoms with van der Waals surface area (Å²) in [5, 5.41) is 4.31. The standard InChI is InChI=1S/C17H16N2O2/c1-20-15-8-5-9-16(10-15)21-17-11-18-19(13-17)12-14-6-3-2-4-7-14/h2-11,13H,12H2,1H3. The van der Waals surface area contributed by atoms with E-state index in [1.54, 1.807) is 13.3 Å². The van der Waals surface area contributed by atoms with Crippen LogP contribution in [-0.2, 0) is 6.54 Å². The van der Waals surface area contributed by atoms with E-state index < -0.39 is 0 Å². The Balaban J connectivity index is 1.70. The maximum Gasteiger partial charge on any atom is 0.165 e. The molecule has 0 spiro atoms. The van der Waals surface area contributed by atoms with Crippen molar-refractivity contribution >= 4 is 0 Å². The predicted octanol–water partition coefficient (Wildman–Crippen LogP) is 3.73. The third-order valence-electron chi connectivity index (χ3n) is 3.07. The minimum atomic E-state index is 0.708. The highest BCUT2D eigenvalue weighted by Crippen LogP contribution is 2.24. The third-order valence-corrected chi connectivity index (χ3v) is 3.07. The molecule has 21 heavy (non-hydrogen) atoms. The second-order valence-electron chi connectivity index (χ2n) is 4.64. The maximum absolute atomic E-state index is 5.78. The molecule has 2 aromatic carbocycles. The Bertz CT molecular complexity index is 708. The van der Waals surface area contributed by atoms with E-state index in [0.29, 0.717) is 5.75 Å². The lowest BCUT2D eigenvalue weighted by molar-refractivity contribution is 0.409. The number of aromatic nitrogens is 2. The molecule has 0 aliphatic rings. The lowest BCUT2D eigenvalue weighted by Gasteiger charge is -2.05. The summed E-state index contributed by atoms with van der Waals surface area (Å²) in [6.45, 7) is 0.725. The smallest absolute Gasteiger partial charge is 0.165 e. The minimum Gasteiger partial charge on any atom is -0.497 e. The van der Waals surface area contributed by atoms with E-state index in [9.17, 15) is 0 Å². The fourth-order valence-electron chi connectivity index (χ4n) is 2.06. The van der Waals surface area contributed by atoms with Gasteiger partial charge in [0.25, 0.3) is 0 Å². The predicted molar refractivity (Wildman–Crippen MR) is 80.8 cm³/mol. The topological polar surface area (TPSA) is 36.3 Å². The molecule has 4 heteroatoms. The van der Waals surface area contributed by atoms with Gasteiger partial charge in [0.05, 0.1) is 26.0 Å². The van der Waals surface area contributed by atoms with Crippen LogP contribution < -0.4 is 9.47 Å². The van der Waals surface area contributed by atoms with Gasteiger partial charge < -0.3 is 9.47 Å². The number of methoxy groups -OCH3 is 1. The SMILES string of the molecule is COc1cccc(Oc2cnn(Cc3ccccc3)c2)c1. The first-order valence-corrected chi connectivity index (χ1v) is 6.72. The first-order valence-electron chi connectivity index (χ1n) is 6.72. The molecule has 0 N–H and O–H groups in total. The summed E-state index contributed by atoms with van der Waals surface area (Å²) in [7, 11) is 1.64. The van der Waals surface area contributed by atoms with Gasteiger partial charge in [-0.2, -0.15) is 5.10 Å². The molecule has 3 aromatic rings. The van der Waals surface area contributed by atoms with Crippen LogP contribution in [0.2, 0.25) is 0 Å². The second-order valence-corrected chi connectivity index (χ2v) is 4.64. The van der Waals surface area contributed by atoms with E-state index in [1.165, 1.54) is 5.56 Å². The summed E-state index contributed by atoms with van der Waals surface area (Å²) in [5.74, 6) is 2.21. The van der Waals surface area contributed by atoms with Gasteiger partial charge in [0.1, 0.15) is 11.5 Å². The van der Waals surface area contributed by atoms with Gasteiger partial charge >= 0.3 is 0 Å². The molecule has 1 aromatic heterocycles. The molecule has 0 amide bonds. The third kappa shape index (κ3) is 3.42. The summed E-state index contributed by atoms with van der Waals surface area (Å²) in [6.07, 6.45) is 3.59. The highest BCUT2D eigenvalue weighted by atomic mass is 16.5. The van der Waals surface area contributed by atoms with Gasteiger partial charge in [-0.05, 0) is 17.7 Å². The Labute approximate surface area is 123 Å². The molecule has 0 radical (unpaired) electrons. The van der Waals surface area contributed by atoms with Gasteiger partial charge in [0.15, 0.2) is 5.75 Å². The van der Waals surface area contributed by atoms with Gasteiger partial charge in [-0.3, -0.25) is 4.68 Å². The summed E-state index contributed by atoms with van der Waals surface area (Å²) >= 11 is 0. The van der Waals surface area contributed by atoms with Gasteiger partial charge in [0.2, 0.25) is 0 Å². The van der Waals surface area contributed by atoms with E-state index in [1.807, 2.05) is 53.3 Å². The van der Waals surface area contributed by atoms with Gasteiger partial charge in [-0.25, -0.2) is 0 Å². The fraction of sp³-hybridized carbons (Fsp3) is 0.118. The molecule has 1 heterocycles. The maximum atomic E-state index is 5.78. The molecule has 0 saturated carbocycles. The first kappa shape index (κ1) is 13.2. The molecule has 106 valence electrons. The molecular weight excluding hydrogens is 264 g/mol. The number of hydrogen-bond donors (Lipinski definition) is 0. The zero-order valence-electron chi connectivity index (χ0n) is 11.8. The van der Waals surface area contributed by atoms with Crippen LogP contribution in [0, 0.1) is 0 Å². The van der Waals surface area contributed by atoms with Gasteiger partial charge in [0, 0.05) is 6.07 Å². The summed E-state index contributed by atoms with van der Waals surface area (Å²) in [5.41, 5.74) is 1.20. The molecule has 3 rings (SSSR count). The van der Waals surface area contributed by atoms with Crippen molar-refractivity contribution in [3.05, 3.63) is 72.6 Å². The lowest BCUT2D eigenvalue weighted by Crippen LogP contribution is -1.99. The van der Waals surface area contributed by atoms with Crippen LogP contribution in [-0.4, -0.2) is 16.9 Å². The average molecular weight is 280 g/mol. The van der Waals surface area contributed by atoms with E-state index in [0.717, 1.165) is 18.0 Å². The largest absolute Gasteiger partial charge is 0.497 e. The van der Waals surface area contributed by atoms with Gasteiger partial charge in [-0.1, -0.05) is 36.4 Å². The van der Waals surface area contributed by atoms with Crippen molar-refractivity contribution in [3.8, 4) is 17.2 Å². The number of ether oxygens (including phenoxy) is 2. The van der Waals surface area contributed by atoms with Crippen LogP contribution in [0.1, 0.15) is 5.56 Å². The Hall–Kier alpha value is -2.75. The van der Waals surface area contributed by atoms with Crippen molar-refractivity contribution in [1.82, 2.24) is 9.78 Å². The van der Waals surface area contributed by atoms with Crippen molar-refractivity contribution in [1.29, 1.82) is 0 Å². The summed E-state index contributed by atoms with van der Waals surface area (Å²) < 4.78 is 12.8. The van der Waals surface area contributed by atoms with Crippen molar-refractivity contribution < 1.29 is 9.47 Å². The first-order chi connectivity index (χ1) is 10.3. The van der Waals surface area contributed by atoms with Crippen molar-refractivity contribution in [2.45, 2.75) is 6.54 Å². The van der Waals surface area contributed by atoms with Crippen LogP contribution in [0.3, 0.4) is 0 Å². The molecule has 0 fully saturated rings. The van der Waals surface area contributed by atoms with Crippen molar-refractivity contribution in [2.75, 3.05) is 7.11 Å². The quantitative estimate of drug-likeness (QED) is 0.714. The number of nitrogens with zero attached hydrogens (tertiary/aromatic N) is 2. The van der Waals surface area contributed by atoms with Crippen LogP contribution >= 0.6 is 0 Å². The van der Waals surface area contributed by atoms with E-state index in [2.05, 4.69) is 17.2 Å². The second kappa shape index (κ2) is 6.13. The number of benzene rings is 2. The highest BCUT2D eigenvalue weighted by molar-refractivity contribution is 5.35. The zero-order valence-corrected chi connectivity index (χ0v) is 11.8. The Morgan fingerprint density at radius 3 is 2.57 bits per heavy atom. The van der Waals surface area contributed by atoms with Crippen LogP contribution in [0.15, 0.2) is 67.0 Å². The highest BCUT2D eigenvalue weighted by Gasteiger charge is 2.03. The van der Waals surface area contributed by atoms with Crippen LogP contribution in [0.4, 0.5) is 0 Å². The molecule has 0 aliphatic carbocycles. The molecule has 0 unspecified atom stereocenters. The Morgan fingerprint density at radius 1 is 0.952 bits per heavy atom. The minimum absolute atomic E-state index is 0.708. The van der Waals surface area contributed by atoms with E-state index in [-0.39, 0.29) is 0 Å². The van der Waals surface area contributed by atoms with Gasteiger partial charge in [-0.15, -0.1) is 0 Å². The van der Waals surface area contributed by atoms with Crippen LogP contribution in [0.25, 0.3) is 0 Å². The van der Waals surface area contributed by atoms with Crippen molar-refractivity contribution in [2.24, 2.45) is 0 Å². The number of rotatable bonds is 5. The normalized spacial score (nSPS) is 10.3. The molecular formula is C17H16N2O2. The molecule has 0 aliphatic heterocycles. The summed E-state index contributed by atoms with van der Waals surface area (Å²) in [6, 6.07) is 17.7. The Morgan fingerprint density at radius 2 is 1.76 bits per heavy atom. The average Bonchev–Trinajstić information content (AvgIpc) is 2.95. The van der Waals surface area contributed by atoms with E-state index >= 15 is 0 Å². The number of hydrogen-bond acceptors (Lipinski definition) is 3. The fourth-order valence-corrected chi connectivity index (χ4v) is 2.06. The lowest BCUT2D eigenvalue weighted by atomic mass is 10.2. The molecule has 0 bridgehead atoms. The zero-order chi connectivity index (χ0) is 14.5. The molecule has 0 atom stereocenters. The van der Waals surface area contributed by atoms with E-state index in [4.69, 9.17) is 9.47 Å². The summed E-state index contributed by atoms with van der Waals surface area (Å²) in [4.78, 5) is 0.